The summed E-state index contributed by atoms with van der Waals surface area (Å²) in [6.45, 7) is 3.99. The molecular weight excluding hydrogens is 247 g/mol. The van der Waals surface area contributed by atoms with Gasteiger partial charge in [0.25, 0.3) is 0 Å². The Morgan fingerprint density at radius 3 is 2.68 bits per heavy atom. The topological polar surface area (TPSA) is 66.0 Å². The van der Waals surface area contributed by atoms with E-state index in [0.29, 0.717) is 23.8 Å². The highest BCUT2D eigenvalue weighted by Gasteiger charge is 2.12. The fourth-order valence-electron chi connectivity index (χ4n) is 1.71. The molecule has 0 atom stereocenters. The van der Waals surface area contributed by atoms with E-state index in [1.807, 2.05) is 13.8 Å². The number of hydrogen-bond acceptors (Lipinski definition) is 4. The van der Waals surface area contributed by atoms with Gasteiger partial charge in [0.2, 0.25) is 0 Å². The third-order valence-electron chi connectivity index (χ3n) is 2.59. The number of nitrogens with two attached hydrogens (primary N) is 1. The average Bonchev–Trinajstić information content (AvgIpc) is 2.72. The van der Waals surface area contributed by atoms with Gasteiger partial charge in [-0.25, -0.2) is 9.37 Å². The Labute approximate surface area is 111 Å². The van der Waals surface area contributed by atoms with E-state index in [1.54, 1.807) is 23.9 Å². The molecule has 0 aliphatic rings. The fourth-order valence-corrected chi connectivity index (χ4v) is 1.71. The molecule has 0 saturated carbocycles. The normalized spacial score (nSPS) is 11.1. The van der Waals surface area contributed by atoms with Crippen LogP contribution in [0.5, 0.6) is 5.75 Å². The van der Waals surface area contributed by atoms with Crippen molar-refractivity contribution >= 4 is 0 Å². The van der Waals surface area contributed by atoms with Crippen LogP contribution in [0.15, 0.2) is 18.2 Å². The largest absolute Gasteiger partial charge is 0.488 e. The molecule has 0 fully saturated rings. The predicted molar refractivity (Wildman–Crippen MR) is 70.1 cm³/mol. The van der Waals surface area contributed by atoms with Crippen molar-refractivity contribution in [2.75, 3.05) is 0 Å². The third kappa shape index (κ3) is 2.90. The molecule has 0 radical (unpaired) electrons. The highest BCUT2D eigenvalue weighted by atomic mass is 19.1. The summed E-state index contributed by atoms with van der Waals surface area (Å²) in [7, 11) is 1.76. The molecule has 0 unspecified atom stereocenters. The second-order valence-electron chi connectivity index (χ2n) is 4.49. The van der Waals surface area contributed by atoms with Crippen LogP contribution in [0.4, 0.5) is 4.39 Å². The van der Waals surface area contributed by atoms with Crippen molar-refractivity contribution in [2.24, 2.45) is 12.8 Å². The quantitative estimate of drug-likeness (QED) is 0.915. The van der Waals surface area contributed by atoms with Gasteiger partial charge in [-0.2, -0.15) is 5.10 Å². The first-order valence-corrected chi connectivity index (χ1v) is 6.07. The zero-order valence-electron chi connectivity index (χ0n) is 11.2. The van der Waals surface area contributed by atoms with Gasteiger partial charge in [0, 0.05) is 12.6 Å². The van der Waals surface area contributed by atoms with Gasteiger partial charge in [0.1, 0.15) is 5.82 Å². The van der Waals surface area contributed by atoms with Crippen LogP contribution < -0.4 is 10.5 Å². The number of rotatable bonds is 4. The second kappa shape index (κ2) is 5.36. The van der Waals surface area contributed by atoms with E-state index in [2.05, 4.69) is 10.1 Å². The summed E-state index contributed by atoms with van der Waals surface area (Å²) in [4.78, 5) is 4.25. The molecule has 0 spiro atoms. The molecule has 2 rings (SSSR count). The van der Waals surface area contributed by atoms with E-state index in [0.717, 1.165) is 0 Å². The van der Waals surface area contributed by atoms with E-state index in [9.17, 15) is 4.39 Å². The monoisotopic (exact) mass is 264 g/mol. The zero-order chi connectivity index (χ0) is 14.0. The van der Waals surface area contributed by atoms with Gasteiger partial charge in [0.15, 0.2) is 17.4 Å². The van der Waals surface area contributed by atoms with Crippen LogP contribution in [0.2, 0.25) is 0 Å². The Morgan fingerprint density at radius 2 is 2.16 bits per heavy atom. The molecule has 0 aliphatic heterocycles. The molecule has 102 valence electrons. The summed E-state index contributed by atoms with van der Waals surface area (Å²) < 4.78 is 20.8. The maximum absolute atomic E-state index is 13.9. The number of nitrogens with zero attached hydrogens (tertiary/aromatic N) is 3. The standard InChI is InChI=1S/C13H17FN4O/c1-8(2)19-11-5-4-9(6-10(11)14)13-16-12(7-15)18(3)17-13/h4-6,8H,7,15H2,1-3H3. The molecule has 2 N–H and O–H groups in total. The first kappa shape index (κ1) is 13.5. The molecule has 2 aromatic rings. The molecule has 1 aromatic heterocycles. The van der Waals surface area contributed by atoms with Crippen LogP contribution in [0, 0.1) is 5.82 Å². The lowest BCUT2D eigenvalue weighted by Crippen LogP contribution is -2.06. The van der Waals surface area contributed by atoms with Crippen LogP contribution in [-0.2, 0) is 13.6 Å². The lowest BCUT2D eigenvalue weighted by molar-refractivity contribution is 0.231. The lowest BCUT2D eigenvalue weighted by Gasteiger charge is -2.10. The first-order valence-electron chi connectivity index (χ1n) is 6.07. The predicted octanol–water partition coefficient (Wildman–Crippen LogP) is 1.87. The minimum Gasteiger partial charge on any atom is -0.488 e. The Bertz CT molecular complexity index is 580. The summed E-state index contributed by atoms with van der Waals surface area (Å²) in [5.74, 6) is 0.914. The van der Waals surface area contributed by atoms with Crippen LogP contribution in [0.3, 0.4) is 0 Å². The number of ether oxygens (including phenoxy) is 1. The molecule has 5 nitrogen and oxygen atoms in total. The van der Waals surface area contributed by atoms with Gasteiger partial charge in [-0.05, 0) is 32.0 Å². The molecule has 19 heavy (non-hydrogen) atoms. The van der Waals surface area contributed by atoms with Crippen LogP contribution in [0.1, 0.15) is 19.7 Å². The molecule has 0 amide bonds. The second-order valence-corrected chi connectivity index (χ2v) is 4.49. The van der Waals surface area contributed by atoms with Crippen LogP contribution in [0.25, 0.3) is 11.4 Å². The highest BCUT2D eigenvalue weighted by molar-refractivity contribution is 5.56. The first-order chi connectivity index (χ1) is 9.01. The Kier molecular flexibility index (Phi) is 3.80. The fraction of sp³-hybridized carbons (Fsp3) is 0.385. The minimum atomic E-state index is -0.423. The van der Waals surface area contributed by atoms with Crippen molar-refractivity contribution in [3.8, 4) is 17.1 Å². The number of aromatic nitrogens is 3. The molecule has 1 aromatic carbocycles. The molecule has 6 heteroatoms. The smallest absolute Gasteiger partial charge is 0.181 e. The molecule has 0 aliphatic carbocycles. The molecule has 0 bridgehead atoms. The van der Waals surface area contributed by atoms with Crippen LogP contribution >= 0.6 is 0 Å². The number of hydrogen-bond donors (Lipinski definition) is 1. The van der Waals surface area contributed by atoms with Gasteiger partial charge in [-0.1, -0.05) is 0 Å². The van der Waals surface area contributed by atoms with Gasteiger partial charge in [0.05, 0.1) is 12.6 Å². The summed E-state index contributed by atoms with van der Waals surface area (Å²) in [5, 5.41) is 4.20. The summed E-state index contributed by atoms with van der Waals surface area (Å²) in [6.07, 6.45) is -0.0721. The van der Waals surface area contributed by atoms with Gasteiger partial charge < -0.3 is 10.5 Å². The summed E-state index contributed by atoms with van der Waals surface area (Å²) >= 11 is 0. The molecule has 0 saturated heterocycles. The SMILES string of the molecule is CC(C)Oc1ccc(-c2nc(CN)n(C)n2)cc1F. The number of halogens is 1. The van der Waals surface area contributed by atoms with E-state index < -0.39 is 5.82 Å². The van der Waals surface area contributed by atoms with E-state index in [1.165, 1.54) is 6.07 Å². The van der Waals surface area contributed by atoms with E-state index in [-0.39, 0.29) is 11.9 Å². The highest BCUT2D eigenvalue weighted by Crippen LogP contribution is 2.24. The van der Waals surface area contributed by atoms with E-state index in [4.69, 9.17) is 10.5 Å². The molecule has 1 heterocycles. The van der Waals surface area contributed by atoms with Crippen molar-refractivity contribution in [1.82, 2.24) is 14.8 Å². The Morgan fingerprint density at radius 1 is 1.42 bits per heavy atom. The summed E-state index contributed by atoms with van der Waals surface area (Å²) in [6, 6.07) is 4.69. The Hall–Kier alpha value is -1.95. The third-order valence-corrected chi connectivity index (χ3v) is 2.59. The maximum atomic E-state index is 13.9. The number of benzene rings is 1. The average molecular weight is 264 g/mol. The summed E-state index contributed by atoms with van der Waals surface area (Å²) in [5.41, 5.74) is 6.13. The van der Waals surface area contributed by atoms with Crippen molar-refractivity contribution in [3.63, 3.8) is 0 Å². The van der Waals surface area contributed by atoms with Gasteiger partial charge in [-0.15, -0.1) is 0 Å². The van der Waals surface area contributed by atoms with Crippen LogP contribution in [-0.4, -0.2) is 20.9 Å². The van der Waals surface area contributed by atoms with Crippen molar-refractivity contribution in [3.05, 3.63) is 29.8 Å². The van der Waals surface area contributed by atoms with Crippen molar-refractivity contribution in [2.45, 2.75) is 26.5 Å². The van der Waals surface area contributed by atoms with Crippen molar-refractivity contribution in [1.29, 1.82) is 0 Å². The van der Waals surface area contributed by atoms with Gasteiger partial charge in [-0.3, -0.25) is 4.68 Å². The number of aryl methyl sites for hydroxylation is 1. The molecular formula is C13H17FN4O. The zero-order valence-corrected chi connectivity index (χ0v) is 11.2. The maximum Gasteiger partial charge on any atom is 0.181 e. The van der Waals surface area contributed by atoms with Gasteiger partial charge >= 0.3 is 0 Å². The van der Waals surface area contributed by atoms with Crippen molar-refractivity contribution < 1.29 is 9.13 Å². The minimum absolute atomic E-state index is 0.0721. The van der Waals surface area contributed by atoms with E-state index >= 15 is 0 Å². The Balaban J connectivity index is 2.33. The lowest BCUT2D eigenvalue weighted by atomic mass is 10.2.